The van der Waals surface area contributed by atoms with E-state index in [1.807, 2.05) is 32.0 Å². The Morgan fingerprint density at radius 3 is 2.23 bits per heavy atom. The molecule has 0 aromatic heterocycles. The van der Waals surface area contributed by atoms with Gasteiger partial charge in [0.2, 0.25) is 11.8 Å². The van der Waals surface area contributed by atoms with E-state index in [-0.39, 0.29) is 24.8 Å². The lowest BCUT2D eigenvalue weighted by Crippen LogP contribution is -2.55. The maximum Gasteiger partial charge on any atom is 0.408 e. The van der Waals surface area contributed by atoms with Crippen LogP contribution in [0.2, 0.25) is 0 Å². The average molecular weight is 440 g/mol. The van der Waals surface area contributed by atoms with Crippen LogP contribution >= 0.6 is 12.6 Å². The molecule has 1 rings (SSSR count). The number of nitrogens with one attached hydrogen (secondary N) is 3. The lowest BCUT2D eigenvalue weighted by Gasteiger charge is -2.23. The fourth-order valence-corrected chi connectivity index (χ4v) is 2.69. The molecule has 1 aromatic carbocycles. The highest BCUT2D eigenvalue weighted by molar-refractivity contribution is 7.80. The highest BCUT2D eigenvalue weighted by Gasteiger charge is 2.27. The topological polar surface area (TPSA) is 123 Å². The highest BCUT2D eigenvalue weighted by Crippen LogP contribution is 2.06. The van der Waals surface area contributed by atoms with Gasteiger partial charge in [0.25, 0.3) is 0 Å². The Hall–Kier alpha value is -2.75. The molecule has 0 aliphatic carbocycles. The third-order valence-corrected chi connectivity index (χ3v) is 4.34. The van der Waals surface area contributed by atoms with E-state index < -0.39 is 36.0 Å². The molecule has 10 heteroatoms. The van der Waals surface area contributed by atoms with Crippen molar-refractivity contribution in [1.29, 1.82) is 0 Å². The monoisotopic (exact) mass is 439 g/mol. The Morgan fingerprint density at radius 1 is 1.00 bits per heavy atom. The second kappa shape index (κ2) is 13.5. The van der Waals surface area contributed by atoms with Crippen molar-refractivity contribution in [3.63, 3.8) is 0 Å². The van der Waals surface area contributed by atoms with Crippen LogP contribution in [0.5, 0.6) is 0 Å². The molecular weight excluding hydrogens is 410 g/mol. The van der Waals surface area contributed by atoms with Gasteiger partial charge in [-0.15, -0.1) is 0 Å². The fraction of sp³-hybridized carbons (Fsp3) is 0.500. The number of ether oxygens (including phenoxy) is 2. The van der Waals surface area contributed by atoms with Gasteiger partial charge in [0, 0.05) is 5.75 Å². The minimum Gasteiger partial charge on any atom is -0.468 e. The first-order valence-corrected chi connectivity index (χ1v) is 10.1. The number of hydrogen-bond acceptors (Lipinski definition) is 7. The van der Waals surface area contributed by atoms with Gasteiger partial charge in [-0.1, -0.05) is 44.2 Å². The number of alkyl carbamates (subject to hydrolysis) is 1. The molecular formula is C20H29N3O6S. The van der Waals surface area contributed by atoms with Gasteiger partial charge >= 0.3 is 12.1 Å². The van der Waals surface area contributed by atoms with E-state index in [4.69, 9.17) is 4.74 Å². The summed E-state index contributed by atoms with van der Waals surface area (Å²) in [6.07, 6.45) is -0.431. The van der Waals surface area contributed by atoms with Crippen LogP contribution in [0, 0.1) is 5.92 Å². The molecule has 0 fully saturated rings. The van der Waals surface area contributed by atoms with E-state index in [2.05, 4.69) is 33.3 Å². The Labute approximate surface area is 181 Å². The second-order valence-electron chi connectivity index (χ2n) is 6.93. The maximum atomic E-state index is 12.6. The van der Waals surface area contributed by atoms with Crippen LogP contribution in [-0.2, 0) is 30.5 Å². The molecule has 0 aliphatic rings. The van der Waals surface area contributed by atoms with Crippen LogP contribution in [0.25, 0.3) is 0 Å². The summed E-state index contributed by atoms with van der Waals surface area (Å²) in [4.78, 5) is 48.2. The first-order chi connectivity index (χ1) is 14.3. The van der Waals surface area contributed by atoms with Gasteiger partial charge in [0.05, 0.1) is 7.11 Å². The summed E-state index contributed by atoms with van der Waals surface area (Å²) in [5.41, 5.74) is 0.804. The van der Waals surface area contributed by atoms with Crippen molar-refractivity contribution in [3.8, 4) is 0 Å². The third kappa shape index (κ3) is 9.64. The Balaban J connectivity index is 2.63. The number of benzene rings is 1. The predicted octanol–water partition coefficient (Wildman–Crippen LogP) is 1.03. The van der Waals surface area contributed by atoms with Crippen molar-refractivity contribution in [2.75, 3.05) is 19.4 Å². The molecule has 2 atom stereocenters. The lowest BCUT2D eigenvalue weighted by molar-refractivity contribution is -0.141. The molecule has 0 heterocycles. The van der Waals surface area contributed by atoms with E-state index in [1.165, 1.54) is 7.11 Å². The van der Waals surface area contributed by atoms with Gasteiger partial charge in [-0.25, -0.2) is 4.79 Å². The lowest BCUT2D eigenvalue weighted by atomic mass is 10.0. The minimum atomic E-state index is -1.00. The number of hydrogen-bond donors (Lipinski definition) is 4. The molecule has 0 aliphatic heterocycles. The third-order valence-electron chi connectivity index (χ3n) is 3.98. The SMILES string of the molecule is COC(=O)CNC(=O)[C@H](CC(C)C)NC(=O)[C@H](CS)NC(=O)OCc1ccccc1. The summed E-state index contributed by atoms with van der Waals surface area (Å²) in [5.74, 6) is -1.61. The predicted molar refractivity (Wildman–Crippen MR) is 114 cm³/mol. The number of thiol groups is 1. The molecule has 30 heavy (non-hydrogen) atoms. The Kier molecular flexibility index (Phi) is 11.4. The quantitative estimate of drug-likeness (QED) is 0.302. The van der Waals surface area contributed by atoms with Gasteiger partial charge in [0.15, 0.2) is 0 Å². The zero-order valence-electron chi connectivity index (χ0n) is 17.3. The zero-order valence-corrected chi connectivity index (χ0v) is 18.2. The van der Waals surface area contributed by atoms with Crippen LogP contribution < -0.4 is 16.0 Å². The van der Waals surface area contributed by atoms with E-state index in [0.717, 1.165) is 5.56 Å². The molecule has 3 N–H and O–H groups in total. The fourth-order valence-electron chi connectivity index (χ4n) is 2.43. The van der Waals surface area contributed by atoms with Crippen LogP contribution in [0.15, 0.2) is 30.3 Å². The van der Waals surface area contributed by atoms with Gasteiger partial charge < -0.3 is 25.4 Å². The van der Waals surface area contributed by atoms with E-state index >= 15 is 0 Å². The Bertz CT molecular complexity index is 714. The number of carbonyl (C=O) groups excluding carboxylic acids is 4. The van der Waals surface area contributed by atoms with Crippen molar-refractivity contribution in [1.82, 2.24) is 16.0 Å². The van der Waals surface area contributed by atoms with Gasteiger partial charge in [0.1, 0.15) is 25.2 Å². The van der Waals surface area contributed by atoms with Crippen LogP contribution in [-0.4, -0.2) is 55.4 Å². The summed E-state index contributed by atoms with van der Waals surface area (Å²) < 4.78 is 9.59. The molecule has 166 valence electrons. The van der Waals surface area contributed by atoms with Gasteiger partial charge in [-0.2, -0.15) is 12.6 Å². The van der Waals surface area contributed by atoms with E-state index in [0.29, 0.717) is 6.42 Å². The number of carbonyl (C=O) groups is 4. The standard InChI is InChI=1S/C20H29N3O6S/c1-13(2)9-15(18(25)21-10-17(24)28-3)22-19(26)16(12-30)23-20(27)29-11-14-7-5-4-6-8-14/h4-8,13,15-16,30H,9-12H2,1-3H3,(H,21,25)(H,22,26)(H,23,27)/t15-,16-/m0/s1. The van der Waals surface area contributed by atoms with E-state index in [9.17, 15) is 19.2 Å². The summed E-state index contributed by atoms with van der Waals surface area (Å²) in [7, 11) is 1.21. The largest absolute Gasteiger partial charge is 0.468 e. The first-order valence-electron chi connectivity index (χ1n) is 9.49. The number of rotatable bonds is 11. The number of amides is 3. The smallest absolute Gasteiger partial charge is 0.408 e. The molecule has 0 bridgehead atoms. The second-order valence-corrected chi connectivity index (χ2v) is 7.29. The van der Waals surface area contributed by atoms with E-state index in [1.54, 1.807) is 12.1 Å². The van der Waals surface area contributed by atoms with Crippen molar-refractivity contribution in [3.05, 3.63) is 35.9 Å². The van der Waals surface area contributed by atoms with Gasteiger partial charge in [-0.3, -0.25) is 14.4 Å². The highest BCUT2D eigenvalue weighted by atomic mass is 32.1. The molecule has 0 unspecified atom stereocenters. The minimum absolute atomic E-state index is 0.00441. The van der Waals surface area contributed by atoms with Crippen molar-refractivity contribution < 1.29 is 28.7 Å². The summed E-state index contributed by atoms with van der Waals surface area (Å²) in [5, 5.41) is 7.46. The van der Waals surface area contributed by atoms with Crippen molar-refractivity contribution >= 4 is 36.5 Å². The van der Waals surface area contributed by atoms with Crippen molar-refractivity contribution in [2.45, 2.75) is 39.0 Å². The Morgan fingerprint density at radius 2 is 1.67 bits per heavy atom. The molecule has 0 radical (unpaired) electrons. The number of esters is 1. The summed E-state index contributed by atoms with van der Waals surface area (Å²) in [6.45, 7) is 3.53. The van der Waals surface area contributed by atoms with Gasteiger partial charge in [-0.05, 0) is 17.9 Å². The van der Waals surface area contributed by atoms with Crippen LogP contribution in [0.3, 0.4) is 0 Å². The molecule has 0 spiro atoms. The molecule has 1 aromatic rings. The van der Waals surface area contributed by atoms with Crippen LogP contribution in [0.4, 0.5) is 4.79 Å². The summed E-state index contributed by atoms with van der Waals surface area (Å²) in [6, 6.07) is 7.21. The molecule has 0 saturated carbocycles. The van der Waals surface area contributed by atoms with Crippen molar-refractivity contribution in [2.24, 2.45) is 5.92 Å². The first kappa shape index (κ1) is 25.3. The van der Waals surface area contributed by atoms with Crippen LogP contribution in [0.1, 0.15) is 25.8 Å². The maximum absolute atomic E-state index is 12.6. The molecule has 3 amide bonds. The zero-order chi connectivity index (χ0) is 22.5. The summed E-state index contributed by atoms with van der Waals surface area (Å²) >= 11 is 4.10. The average Bonchev–Trinajstić information content (AvgIpc) is 2.73. The number of methoxy groups -OCH3 is 1. The normalized spacial score (nSPS) is 12.4. The molecule has 9 nitrogen and oxygen atoms in total. The molecule has 0 saturated heterocycles.